The van der Waals surface area contributed by atoms with Crippen LogP contribution >= 0.6 is 0 Å². The molecule has 0 aromatic rings. The van der Waals surface area contributed by atoms with E-state index in [-0.39, 0.29) is 11.8 Å². The highest BCUT2D eigenvalue weighted by Gasteiger charge is 2.80. The molecule has 70 valence electrons. The molecule has 2 rings (SSSR count). The molecule has 12 heavy (non-hydrogen) atoms. The third kappa shape index (κ3) is 0.754. The van der Waals surface area contributed by atoms with Gasteiger partial charge in [0.05, 0.1) is 5.41 Å². The van der Waals surface area contributed by atoms with Crippen molar-refractivity contribution in [2.24, 2.45) is 17.3 Å². The maximum absolute atomic E-state index is 13.4. The molecule has 0 radical (unpaired) electrons. The van der Waals surface area contributed by atoms with E-state index in [0.29, 0.717) is 13.0 Å². The van der Waals surface area contributed by atoms with E-state index in [4.69, 9.17) is 0 Å². The summed E-state index contributed by atoms with van der Waals surface area (Å²) in [6.45, 7) is 5.07. The van der Waals surface area contributed by atoms with Gasteiger partial charge < -0.3 is 5.32 Å². The quantitative estimate of drug-likeness (QED) is 0.641. The predicted octanol–water partition coefficient (Wildman–Crippen LogP) is 1.89. The molecule has 0 aromatic heterocycles. The summed E-state index contributed by atoms with van der Waals surface area (Å²) in [7, 11) is 0. The van der Waals surface area contributed by atoms with Crippen molar-refractivity contribution in [1.82, 2.24) is 5.32 Å². The molecule has 0 bridgehead atoms. The molecule has 1 heterocycles. The Morgan fingerprint density at radius 3 is 2.42 bits per heavy atom. The Morgan fingerprint density at radius 2 is 2.08 bits per heavy atom. The Hall–Kier alpha value is -0.180. The van der Waals surface area contributed by atoms with E-state index in [1.165, 1.54) is 0 Å². The normalized spacial score (nSPS) is 44.2. The van der Waals surface area contributed by atoms with Crippen LogP contribution < -0.4 is 5.32 Å². The average molecular weight is 175 g/mol. The highest BCUT2D eigenvalue weighted by atomic mass is 19.3. The van der Waals surface area contributed by atoms with Gasteiger partial charge in [0.1, 0.15) is 0 Å². The molecule has 3 heteroatoms. The van der Waals surface area contributed by atoms with Gasteiger partial charge in [0, 0.05) is 12.5 Å². The van der Waals surface area contributed by atoms with E-state index in [9.17, 15) is 8.78 Å². The van der Waals surface area contributed by atoms with E-state index in [1.807, 2.05) is 13.8 Å². The van der Waals surface area contributed by atoms with E-state index < -0.39 is 11.3 Å². The Morgan fingerprint density at radius 1 is 1.42 bits per heavy atom. The van der Waals surface area contributed by atoms with Crippen molar-refractivity contribution in [3.63, 3.8) is 0 Å². The minimum atomic E-state index is -2.40. The van der Waals surface area contributed by atoms with Crippen LogP contribution in [-0.2, 0) is 0 Å². The van der Waals surface area contributed by atoms with E-state index in [1.54, 1.807) is 0 Å². The lowest BCUT2D eigenvalue weighted by molar-refractivity contribution is 0.0581. The second kappa shape index (κ2) is 2.19. The highest BCUT2D eigenvalue weighted by molar-refractivity contribution is 5.21. The maximum Gasteiger partial charge on any atom is 0.259 e. The first kappa shape index (κ1) is 8.42. The summed E-state index contributed by atoms with van der Waals surface area (Å²) in [6, 6.07) is 0. The molecule has 2 atom stereocenters. The monoisotopic (exact) mass is 175 g/mol. The summed E-state index contributed by atoms with van der Waals surface area (Å²) in [5.74, 6) is -2.66. The topological polar surface area (TPSA) is 12.0 Å². The Kier molecular flexibility index (Phi) is 1.54. The van der Waals surface area contributed by atoms with Gasteiger partial charge in [0.2, 0.25) is 0 Å². The minimum Gasteiger partial charge on any atom is -0.316 e. The van der Waals surface area contributed by atoms with E-state index in [2.05, 4.69) is 5.32 Å². The molecule has 0 aromatic carbocycles. The maximum atomic E-state index is 13.4. The van der Waals surface area contributed by atoms with Gasteiger partial charge in [-0.3, -0.25) is 0 Å². The third-order valence-electron chi connectivity index (χ3n) is 3.42. The fraction of sp³-hybridized carbons (Fsp3) is 1.00. The van der Waals surface area contributed by atoms with Gasteiger partial charge in [-0.2, -0.15) is 0 Å². The van der Waals surface area contributed by atoms with Crippen LogP contribution in [-0.4, -0.2) is 19.0 Å². The van der Waals surface area contributed by atoms with Crippen molar-refractivity contribution < 1.29 is 8.78 Å². The van der Waals surface area contributed by atoms with Gasteiger partial charge >= 0.3 is 0 Å². The van der Waals surface area contributed by atoms with E-state index in [0.717, 1.165) is 6.54 Å². The first-order valence-electron chi connectivity index (χ1n) is 4.61. The van der Waals surface area contributed by atoms with Crippen LogP contribution in [0.15, 0.2) is 0 Å². The zero-order valence-corrected chi connectivity index (χ0v) is 7.53. The summed E-state index contributed by atoms with van der Waals surface area (Å²) in [6.07, 6.45) is 0.656. The molecule has 1 nitrogen and oxygen atoms in total. The highest BCUT2D eigenvalue weighted by Crippen LogP contribution is 2.71. The summed E-state index contributed by atoms with van der Waals surface area (Å²) >= 11 is 0. The number of hydrogen-bond acceptors (Lipinski definition) is 1. The first-order valence-corrected chi connectivity index (χ1v) is 4.61. The van der Waals surface area contributed by atoms with Crippen molar-refractivity contribution in [3.8, 4) is 0 Å². The Bertz CT molecular complexity index is 195. The van der Waals surface area contributed by atoms with Crippen LogP contribution in [0.5, 0.6) is 0 Å². The van der Waals surface area contributed by atoms with Gasteiger partial charge in [0.15, 0.2) is 0 Å². The van der Waals surface area contributed by atoms with Gasteiger partial charge in [0.25, 0.3) is 5.92 Å². The minimum absolute atomic E-state index is 0.111. The average Bonchev–Trinajstić information content (AvgIpc) is 2.32. The van der Waals surface area contributed by atoms with Gasteiger partial charge in [-0.05, 0) is 18.9 Å². The van der Waals surface area contributed by atoms with Crippen LogP contribution in [0, 0.1) is 17.3 Å². The molecular formula is C9H15F2N. The molecule has 2 unspecified atom stereocenters. The molecule has 0 amide bonds. The van der Waals surface area contributed by atoms with Crippen LogP contribution in [0.25, 0.3) is 0 Å². The lowest BCUT2D eigenvalue weighted by atomic mass is 9.96. The lowest BCUT2D eigenvalue weighted by Gasteiger charge is -2.05. The van der Waals surface area contributed by atoms with Crippen LogP contribution in [0.3, 0.4) is 0 Å². The molecule has 2 aliphatic rings. The standard InChI is InChI=1S/C9H15F2N/c1-6(2)7-8(9(7,10)11)3-4-12-5-8/h6-7,12H,3-5H2,1-2H3. The number of alkyl halides is 2. The Labute approximate surface area is 71.5 Å². The zero-order valence-electron chi connectivity index (χ0n) is 7.53. The second-order valence-electron chi connectivity index (χ2n) is 4.43. The molecule has 1 saturated carbocycles. The molecule has 1 aliphatic carbocycles. The second-order valence-corrected chi connectivity index (χ2v) is 4.43. The molecule has 1 saturated heterocycles. The number of rotatable bonds is 1. The summed E-state index contributed by atoms with van der Waals surface area (Å²) in [5.41, 5.74) is -0.666. The molecular weight excluding hydrogens is 160 g/mol. The number of halogens is 2. The third-order valence-corrected chi connectivity index (χ3v) is 3.42. The summed E-state index contributed by atoms with van der Waals surface area (Å²) in [5, 5.41) is 3.04. The zero-order chi connectivity index (χ0) is 8.98. The smallest absolute Gasteiger partial charge is 0.259 e. The fourth-order valence-electron chi connectivity index (χ4n) is 2.86. The molecule has 2 fully saturated rings. The van der Waals surface area contributed by atoms with Crippen LogP contribution in [0.4, 0.5) is 8.78 Å². The SMILES string of the molecule is CC(C)C1C(F)(F)C12CCNC2. The van der Waals surface area contributed by atoms with Crippen LogP contribution in [0.1, 0.15) is 20.3 Å². The first-order chi connectivity index (χ1) is 5.52. The number of nitrogens with one attached hydrogen (secondary N) is 1. The number of hydrogen-bond donors (Lipinski definition) is 1. The van der Waals surface area contributed by atoms with Crippen molar-refractivity contribution in [1.29, 1.82) is 0 Å². The largest absolute Gasteiger partial charge is 0.316 e. The van der Waals surface area contributed by atoms with Gasteiger partial charge in [-0.1, -0.05) is 13.8 Å². The molecule has 1 aliphatic heterocycles. The molecule has 1 spiro atoms. The molecule has 1 N–H and O–H groups in total. The van der Waals surface area contributed by atoms with Crippen molar-refractivity contribution in [3.05, 3.63) is 0 Å². The summed E-state index contributed by atoms with van der Waals surface area (Å²) < 4.78 is 26.7. The van der Waals surface area contributed by atoms with Crippen molar-refractivity contribution in [2.45, 2.75) is 26.2 Å². The van der Waals surface area contributed by atoms with Crippen LogP contribution in [0.2, 0.25) is 0 Å². The summed E-state index contributed by atoms with van der Waals surface area (Å²) in [4.78, 5) is 0. The lowest BCUT2D eigenvalue weighted by Crippen LogP contribution is -2.15. The fourth-order valence-corrected chi connectivity index (χ4v) is 2.86. The van der Waals surface area contributed by atoms with Gasteiger partial charge in [-0.25, -0.2) is 8.78 Å². The van der Waals surface area contributed by atoms with E-state index >= 15 is 0 Å². The van der Waals surface area contributed by atoms with Crippen molar-refractivity contribution in [2.75, 3.05) is 13.1 Å². The van der Waals surface area contributed by atoms with Gasteiger partial charge in [-0.15, -0.1) is 0 Å². The Balaban J connectivity index is 2.19. The van der Waals surface area contributed by atoms with Crippen molar-refractivity contribution >= 4 is 0 Å². The predicted molar refractivity (Wildman–Crippen MR) is 43.2 cm³/mol.